The Morgan fingerprint density at radius 2 is 1.62 bits per heavy atom. The summed E-state index contributed by atoms with van der Waals surface area (Å²) in [7, 11) is 0. The van der Waals surface area contributed by atoms with Crippen LogP contribution in [0.1, 0.15) is 20.8 Å². The summed E-state index contributed by atoms with van der Waals surface area (Å²) in [4.78, 5) is 28.7. The summed E-state index contributed by atoms with van der Waals surface area (Å²) in [6, 6.07) is 16.9. The zero-order valence-electron chi connectivity index (χ0n) is 13.4. The number of nitrogens with zero attached hydrogens (tertiary/aromatic N) is 1. The molecule has 130 valence electrons. The fourth-order valence-corrected chi connectivity index (χ4v) is 2.56. The van der Waals surface area contributed by atoms with Crippen LogP contribution in [0.3, 0.4) is 0 Å². The van der Waals surface area contributed by atoms with Crippen molar-refractivity contribution in [3.8, 4) is 0 Å². The van der Waals surface area contributed by atoms with E-state index in [1.807, 2.05) is 18.2 Å². The molecule has 0 radical (unpaired) electrons. The summed E-state index contributed by atoms with van der Waals surface area (Å²) in [6.45, 7) is 0. The van der Waals surface area contributed by atoms with E-state index < -0.39 is 5.91 Å². The number of halogens is 2. The van der Waals surface area contributed by atoms with Gasteiger partial charge in [-0.05, 0) is 36.4 Å². The van der Waals surface area contributed by atoms with E-state index in [0.29, 0.717) is 22.0 Å². The summed E-state index contributed by atoms with van der Waals surface area (Å²) in [5.41, 5.74) is 1.42. The lowest BCUT2D eigenvalue weighted by molar-refractivity contribution is 0.102. The molecule has 0 atom stereocenters. The third-order valence-electron chi connectivity index (χ3n) is 3.49. The number of pyridine rings is 1. The lowest BCUT2D eigenvalue weighted by atomic mass is 10.2. The highest BCUT2D eigenvalue weighted by Crippen LogP contribution is 2.29. The molecule has 3 rings (SSSR count). The SMILES string of the molecule is O=C(Nc1ccccc1)c1ccnc(C(=O)Nc2cccc(Cl)c2Cl)c1. The molecule has 0 aliphatic rings. The molecule has 0 saturated carbocycles. The number of carbonyl (C=O) groups excluding carboxylic acids is 2. The van der Waals surface area contributed by atoms with E-state index in [1.54, 1.807) is 30.3 Å². The van der Waals surface area contributed by atoms with Gasteiger partial charge in [0.2, 0.25) is 0 Å². The third kappa shape index (κ3) is 4.20. The van der Waals surface area contributed by atoms with E-state index in [1.165, 1.54) is 18.3 Å². The van der Waals surface area contributed by atoms with E-state index >= 15 is 0 Å². The average Bonchev–Trinajstić information content (AvgIpc) is 2.66. The molecular formula is C19H13Cl2N3O2. The van der Waals surface area contributed by atoms with Crippen molar-refractivity contribution in [1.82, 2.24) is 4.98 Å². The van der Waals surface area contributed by atoms with E-state index in [9.17, 15) is 9.59 Å². The van der Waals surface area contributed by atoms with Crippen LogP contribution in [0.25, 0.3) is 0 Å². The molecule has 0 unspecified atom stereocenters. The Labute approximate surface area is 160 Å². The molecule has 0 saturated heterocycles. The van der Waals surface area contributed by atoms with E-state index in [0.717, 1.165) is 0 Å². The van der Waals surface area contributed by atoms with Gasteiger partial charge in [-0.2, -0.15) is 0 Å². The highest BCUT2D eigenvalue weighted by Gasteiger charge is 2.14. The molecule has 0 spiro atoms. The second-order valence-corrected chi connectivity index (χ2v) is 6.09. The van der Waals surface area contributed by atoms with Gasteiger partial charge in [0.15, 0.2) is 0 Å². The number of hydrogen-bond donors (Lipinski definition) is 2. The van der Waals surface area contributed by atoms with Gasteiger partial charge in [0, 0.05) is 17.4 Å². The normalized spacial score (nSPS) is 10.2. The van der Waals surface area contributed by atoms with Gasteiger partial charge in [0.05, 0.1) is 15.7 Å². The second-order valence-electron chi connectivity index (χ2n) is 5.31. The highest BCUT2D eigenvalue weighted by molar-refractivity contribution is 6.44. The molecule has 2 N–H and O–H groups in total. The van der Waals surface area contributed by atoms with Gasteiger partial charge in [0.25, 0.3) is 11.8 Å². The maximum atomic E-state index is 12.4. The van der Waals surface area contributed by atoms with Gasteiger partial charge in [0.1, 0.15) is 5.69 Å². The first kappa shape index (κ1) is 17.9. The lowest BCUT2D eigenvalue weighted by Crippen LogP contribution is -2.17. The second kappa shape index (κ2) is 7.99. The number of amides is 2. The third-order valence-corrected chi connectivity index (χ3v) is 4.31. The van der Waals surface area contributed by atoms with Crippen molar-refractivity contribution in [3.63, 3.8) is 0 Å². The minimum absolute atomic E-state index is 0.0850. The van der Waals surface area contributed by atoms with Crippen LogP contribution in [-0.4, -0.2) is 16.8 Å². The molecule has 5 nitrogen and oxygen atoms in total. The maximum Gasteiger partial charge on any atom is 0.274 e. The molecule has 26 heavy (non-hydrogen) atoms. The van der Waals surface area contributed by atoms with Crippen molar-refractivity contribution >= 4 is 46.4 Å². The summed E-state index contributed by atoms with van der Waals surface area (Å²) in [6.07, 6.45) is 1.40. The van der Waals surface area contributed by atoms with Crippen LogP contribution in [0.5, 0.6) is 0 Å². The fourth-order valence-electron chi connectivity index (χ4n) is 2.21. The monoisotopic (exact) mass is 385 g/mol. The Bertz CT molecular complexity index is 962. The van der Waals surface area contributed by atoms with Crippen LogP contribution in [0, 0.1) is 0 Å². The fraction of sp³-hybridized carbons (Fsp3) is 0. The molecule has 7 heteroatoms. The predicted molar refractivity (Wildman–Crippen MR) is 103 cm³/mol. The van der Waals surface area contributed by atoms with Crippen LogP contribution in [-0.2, 0) is 0 Å². The standard InChI is InChI=1S/C19H13Cl2N3O2/c20-14-7-4-8-15(17(14)21)24-19(26)16-11-12(9-10-22-16)18(25)23-13-5-2-1-3-6-13/h1-11H,(H,23,25)(H,24,26). The highest BCUT2D eigenvalue weighted by atomic mass is 35.5. The van der Waals surface area contributed by atoms with Crippen LogP contribution >= 0.6 is 23.2 Å². The quantitative estimate of drug-likeness (QED) is 0.671. The Hall–Kier alpha value is -2.89. The van der Waals surface area contributed by atoms with Crippen molar-refractivity contribution in [2.45, 2.75) is 0 Å². The zero-order valence-corrected chi connectivity index (χ0v) is 14.9. The number of benzene rings is 2. The summed E-state index contributed by atoms with van der Waals surface area (Å²) in [5, 5.41) is 5.95. The van der Waals surface area contributed by atoms with Crippen molar-refractivity contribution in [2.24, 2.45) is 0 Å². The predicted octanol–water partition coefficient (Wildman–Crippen LogP) is 4.89. The van der Waals surface area contributed by atoms with Crippen molar-refractivity contribution < 1.29 is 9.59 Å². The summed E-state index contributed by atoms with van der Waals surface area (Å²) < 4.78 is 0. The van der Waals surface area contributed by atoms with Gasteiger partial charge in [-0.25, -0.2) is 0 Å². The largest absolute Gasteiger partial charge is 0.322 e. The molecule has 1 heterocycles. The number of para-hydroxylation sites is 1. The number of anilines is 2. The molecule has 2 aromatic carbocycles. The van der Waals surface area contributed by atoms with Crippen molar-refractivity contribution in [1.29, 1.82) is 0 Å². The number of nitrogens with one attached hydrogen (secondary N) is 2. The van der Waals surface area contributed by atoms with Crippen LogP contribution in [0.2, 0.25) is 10.0 Å². The molecule has 0 aliphatic carbocycles. The topological polar surface area (TPSA) is 71.1 Å². The molecule has 0 bridgehead atoms. The van der Waals surface area contributed by atoms with Crippen LogP contribution < -0.4 is 10.6 Å². The Balaban J connectivity index is 1.77. The van der Waals surface area contributed by atoms with Crippen molar-refractivity contribution in [2.75, 3.05) is 10.6 Å². The number of rotatable bonds is 4. The molecular weight excluding hydrogens is 373 g/mol. The van der Waals surface area contributed by atoms with E-state index in [-0.39, 0.29) is 16.6 Å². The van der Waals surface area contributed by atoms with Gasteiger partial charge < -0.3 is 10.6 Å². The van der Waals surface area contributed by atoms with E-state index in [4.69, 9.17) is 23.2 Å². The number of hydrogen-bond acceptors (Lipinski definition) is 3. The first-order valence-electron chi connectivity index (χ1n) is 7.62. The van der Waals surface area contributed by atoms with Gasteiger partial charge in [-0.1, -0.05) is 47.5 Å². The van der Waals surface area contributed by atoms with Gasteiger partial charge in [-0.15, -0.1) is 0 Å². The van der Waals surface area contributed by atoms with Crippen LogP contribution in [0.4, 0.5) is 11.4 Å². The van der Waals surface area contributed by atoms with Crippen molar-refractivity contribution in [3.05, 3.63) is 88.2 Å². The number of aromatic nitrogens is 1. The van der Waals surface area contributed by atoms with E-state index in [2.05, 4.69) is 15.6 Å². The first-order valence-corrected chi connectivity index (χ1v) is 8.38. The van der Waals surface area contributed by atoms with Gasteiger partial charge >= 0.3 is 0 Å². The molecule has 2 amide bonds. The number of carbonyl (C=O) groups is 2. The molecule has 1 aromatic heterocycles. The summed E-state index contributed by atoms with van der Waals surface area (Å²) >= 11 is 12.0. The molecule has 0 aliphatic heterocycles. The smallest absolute Gasteiger partial charge is 0.274 e. The minimum atomic E-state index is -0.497. The average molecular weight is 386 g/mol. The van der Waals surface area contributed by atoms with Crippen LogP contribution in [0.15, 0.2) is 66.9 Å². The first-order chi connectivity index (χ1) is 12.5. The molecule has 0 fully saturated rings. The lowest BCUT2D eigenvalue weighted by Gasteiger charge is -2.09. The minimum Gasteiger partial charge on any atom is -0.322 e. The maximum absolute atomic E-state index is 12.4. The Morgan fingerprint density at radius 1 is 0.846 bits per heavy atom. The molecule has 3 aromatic rings. The zero-order chi connectivity index (χ0) is 18.5. The van der Waals surface area contributed by atoms with Gasteiger partial charge in [-0.3, -0.25) is 14.6 Å². The summed E-state index contributed by atoms with van der Waals surface area (Å²) in [5.74, 6) is -0.836. The Kier molecular flexibility index (Phi) is 5.51. The Morgan fingerprint density at radius 3 is 2.38 bits per heavy atom.